The van der Waals surface area contributed by atoms with Crippen molar-refractivity contribution in [3.63, 3.8) is 0 Å². The molecule has 0 saturated heterocycles. The van der Waals surface area contributed by atoms with E-state index in [1.54, 1.807) is 17.7 Å². The molecular weight excluding hydrogens is 494 g/mol. The summed E-state index contributed by atoms with van der Waals surface area (Å²) in [6.07, 6.45) is -4.41. The molecule has 0 N–H and O–H groups in total. The molecule has 0 atom stereocenters. The van der Waals surface area contributed by atoms with Gasteiger partial charge in [0.25, 0.3) is 0 Å². The molecule has 0 spiro atoms. The lowest BCUT2D eigenvalue weighted by Gasteiger charge is -2.21. The number of aromatic nitrogens is 3. The number of hydrogen-bond donors (Lipinski definition) is 0. The molecule has 0 bridgehead atoms. The fraction of sp³-hybridized carbons (Fsp3) is 0.300. The van der Waals surface area contributed by atoms with Crippen molar-refractivity contribution >= 4 is 34.2 Å². The van der Waals surface area contributed by atoms with Gasteiger partial charge in [0.2, 0.25) is 5.95 Å². The number of nitrogens with zero attached hydrogens (tertiary/aromatic N) is 5. The van der Waals surface area contributed by atoms with Crippen molar-refractivity contribution in [3.05, 3.63) is 57.2 Å². The lowest BCUT2D eigenvalue weighted by Crippen LogP contribution is -2.30. The van der Waals surface area contributed by atoms with Gasteiger partial charge in [0.05, 0.1) is 5.56 Å². The molecule has 0 aliphatic carbocycles. The van der Waals surface area contributed by atoms with Crippen molar-refractivity contribution in [1.29, 1.82) is 0 Å². The smallest absolute Gasteiger partial charge is 0.373 e. The summed E-state index contributed by atoms with van der Waals surface area (Å²) in [5.74, 6) is 1.05. The molecule has 0 unspecified atom stereocenters. The Kier molecular flexibility index (Phi) is 5.18. The van der Waals surface area contributed by atoms with Crippen molar-refractivity contribution in [1.82, 2.24) is 14.8 Å². The molecule has 0 saturated carbocycles. The van der Waals surface area contributed by atoms with Crippen LogP contribution in [0.1, 0.15) is 11.1 Å². The fourth-order valence-electron chi connectivity index (χ4n) is 3.59. The van der Waals surface area contributed by atoms with Crippen LogP contribution >= 0.6 is 22.6 Å². The van der Waals surface area contributed by atoms with Crippen LogP contribution in [0.5, 0.6) is 0 Å². The van der Waals surface area contributed by atoms with Gasteiger partial charge in [-0.15, -0.1) is 10.2 Å². The molecule has 2 aromatic carbocycles. The summed E-state index contributed by atoms with van der Waals surface area (Å²) in [5.41, 5.74) is 2.06. The maximum Gasteiger partial charge on any atom is 0.416 e. The Labute approximate surface area is 180 Å². The van der Waals surface area contributed by atoms with Gasteiger partial charge in [-0.25, -0.2) is 0 Å². The summed E-state index contributed by atoms with van der Waals surface area (Å²) >= 11 is 1.89. The van der Waals surface area contributed by atoms with Crippen LogP contribution in [0, 0.1) is 3.57 Å². The predicted molar refractivity (Wildman–Crippen MR) is 115 cm³/mol. The lowest BCUT2D eigenvalue weighted by molar-refractivity contribution is -0.137. The SMILES string of the molecule is CN1CCN(c2nnc(-c3cc(I)cc(C(F)(F)F)c3)n2C)Cc2ccccc21. The van der Waals surface area contributed by atoms with Crippen LogP contribution in [0.3, 0.4) is 0 Å². The molecule has 9 heteroatoms. The van der Waals surface area contributed by atoms with Gasteiger partial charge in [0.15, 0.2) is 5.82 Å². The van der Waals surface area contributed by atoms with Crippen LogP contribution in [0.15, 0.2) is 42.5 Å². The second-order valence-corrected chi connectivity index (χ2v) is 8.33. The van der Waals surface area contributed by atoms with Crippen molar-refractivity contribution in [3.8, 4) is 11.4 Å². The van der Waals surface area contributed by atoms with Gasteiger partial charge in [-0.2, -0.15) is 13.2 Å². The van der Waals surface area contributed by atoms with Gasteiger partial charge < -0.3 is 9.80 Å². The minimum atomic E-state index is -4.41. The number of rotatable bonds is 2. The monoisotopic (exact) mass is 513 g/mol. The van der Waals surface area contributed by atoms with Gasteiger partial charge in [0, 0.05) is 48.6 Å². The average Bonchev–Trinajstić information content (AvgIpc) is 2.96. The van der Waals surface area contributed by atoms with Crippen LogP contribution in [0.2, 0.25) is 0 Å². The van der Waals surface area contributed by atoms with Gasteiger partial charge in [-0.1, -0.05) is 18.2 Å². The number of fused-ring (bicyclic) bond motifs is 1. The first kappa shape index (κ1) is 20.0. The molecule has 0 radical (unpaired) electrons. The largest absolute Gasteiger partial charge is 0.416 e. The third kappa shape index (κ3) is 3.92. The van der Waals surface area contributed by atoms with Gasteiger partial charge in [-0.3, -0.25) is 4.57 Å². The van der Waals surface area contributed by atoms with Crippen LogP contribution in [0.25, 0.3) is 11.4 Å². The summed E-state index contributed by atoms with van der Waals surface area (Å²) in [6.45, 7) is 2.20. The summed E-state index contributed by atoms with van der Waals surface area (Å²) in [6, 6.07) is 12.1. The standard InChI is InChI=1S/C20H19F3IN5/c1-27-7-8-29(12-13-5-3-4-6-17(13)27)19-26-25-18(28(19)2)14-9-15(20(21,22)23)11-16(24)10-14/h3-6,9-11H,7-8,12H2,1-2H3. The van der Waals surface area contributed by atoms with E-state index in [1.807, 2.05) is 34.7 Å². The van der Waals surface area contributed by atoms with E-state index in [9.17, 15) is 13.2 Å². The Bertz CT molecular complexity index is 1050. The molecule has 1 aliphatic rings. The summed E-state index contributed by atoms with van der Waals surface area (Å²) < 4.78 is 41.9. The van der Waals surface area contributed by atoms with Crippen LogP contribution in [0.4, 0.5) is 24.8 Å². The molecule has 0 fully saturated rings. The topological polar surface area (TPSA) is 37.2 Å². The highest BCUT2D eigenvalue weighted by Crippen LogP contribution is 2.34. The van der Waals surface area contributed by atoms with Gasteiger partial charge >= 0.3 is 6.18 Å². The number of anilines is 2. The van der Waals surface area contributed by atoms with E-state index >= 15 is 0 Å². The minimum absolute atomic E-state index is 0.401. The zero-order valence-electron chi connectivity index (χ0n) is 15.9. The van der Waals surface area contributed by atoms with E-state index in [-0.39, 0.29) is 0 Å². The van der Waals surface area contributed by atoms with Crippen molar-refractivity contribution < 1.29 is 13.2 Å². The zero-order valence-corrected chi connectivity index (χ0v) is 18.1. The van der Waals surface area contributed by atoms with Crippen LogP contribution < -0.4 is 9.80 Å². The molecule has 1 aromatic heterocycles. The highest BCUT2D eigenvalue weighted by molar-refractivity contribution is 14.1. The Morgan fingerprint density at radius 1 is 1.00 bits per heavy atom. The normalized spacial score (nSPS) is 14.7. The highest BCUT2D eigenvalue weighted by atomic mass is 127. The van der Waals surface area contributed by atoms with E-state index in [0.29, 0.717) is 27.5 Å². The zero-order chi connectivity index (χ0) is 20.8. The molecule has 152 valence electrons. The third-order valence-corrected chi connectivity index (χ3v) is 5.71. The molecule has 5 nitrogen and oxygen atoms in total. The third-order valence-electron chi connectivity index (χ3n) is 5.09. The second-order valence-electron chi connectivity index (χ2n) is 7.08. The molecule has 2 heterocycles. The minimum Gasteiger partial charge on any atom is -0.373 e. The fourth-order valence-corrected chi connectivity index (χ4v) is 4.26. The lowest BCUT2D eigenvalue weighted by atomic mass is 10.1. The Balaban J connectivity index is 1.71. The van der Waals surface area contributed by atoms with Crippen LogP contribution in [-0.4, -0.2) is 34.9 Å². The highest BCUT2D eigenvalue weighted by Gasteiger charge is 2.32. The first-order valence-corrected chi connectivity index (χ1v) is 10.1. The molecule has 1 aliphatic heterocycles. The van der Waals surface area contributed by atoms with Gasteiger partial charge in [-0.05, 0) is 52.4 Å². The average molecular weight is 513 g/mol. The molecule has 3 aromatic rings. The molecule has 0 amide bonds. The second kappa shape index (κ2) is 7.51. The Hall–Kier alpha value is -2.30. The maximum atomic E-state index is 13.2. The molecule has 29 heavy (non-hydrogen) atoms. The predicted octanol–water partition coefficient (Wildman–Crippen LogP) is 4.56. The van der Waals surface area contributed by atoms with E-state index in [1.165, 1.54) is 11.3 Å². The molecular formula is C20H19F3IN5. The van der Waals surface area contributed by atoms with Crippen molar-refractivity contribution in [2.75, 3.05) is 29.9 Å². The number of likely N-dealkylation sites (N-methyl/N-ethyl adjacent to an activating group) is 1. The first-order valence-electron chi connectivity index (χ1n) is 9.05. The van der Waals surface area contributed by atoms with Crippen LogP contribution in [-0.2, 0) is 19.8 Å². The summed E-state index contributed by atoms with van der Waals surface area (Å²) in [7, 11) is 3.84. The summed E-state index contributed by atoms with van der Waals surface area (Å²) in [4.78, 5) is 4.30. The quantitative estimate of drug-likeness (QED) is 0.471. The van der Waals surface area contributed by atoms with E-state index in [4.69, 9.17) is 0 Å². The van der Waals surface area contributed by atoms with E-state index in [0.717, 1.165) is 25.2 Å². The molecule has 4 rings (SSSR count). The van der Waals surface area contributed by atoms with E-state index in [2.05, 4.69) is 39.2 Å². The Morgan fingerprint density at radius 3 is 2.52 bits per heavy atom. The Morgan fingerprint density at radius 2 is 1.76 bits per heavy atom. The number of alkyl halides is 3. The van der Waals surface area contributed by atoms with Crippen molar-refractivity contribution in [2.45, 2.75) is 12.7 Å². The number of halogens is 4. The number of para-hydroxylation sites is 1. The van der Waals surface area contributed by atoms with Crippen molar-refractivity contribution in [2.24, 2.45) is 7.05 Å². The first-order chi connectivity index (χ1) is 13.7. The van der Waals surface area contributed by atoms with Gasteiger partial charge in [0.1, 0.15) is 0 Å². The number of benzene rings is 2. The van der Waals surface area contributed by atoms with E-state index < -0.39 is 11.7 Å². The number of hydrogen-bond acceptors (Lipinski definition) is 4. The summed E-state index contributed by atoms with van der Waals surface area (Å²) in [5, 5.41) is 8.53. The maximum absolute atomic E-state index is 13.2.